The van der Waals surface area contributed by atoms with E-state index in [0.717, 1.165) is 5.56 Å². The van der Waals surface area contributed by atoms with Crippen LogP contribution in [0.5, 0.6) is 5.75 Å². The van der Waals surface area contributed by atoms with Crippen LogP contribution in [0.1, 0.15) is 29.3 Å². The summed E-state index contributed by atoms with van der Waals surface area (Å²) in [6, 6.07) is 23.5. The van der Waals surface area contributed by atoms with Crippen LogP contribution in [-0.4, -0.2) is 17.5 Å². The largest absolute Gasteiger partial charge is 0.489 e. The zero-order valence-electron chi connectivity index (χ0n) is 17.0. The van der Waals surface area contributed by atoms with Crippen LogP contribution in [0, 0.1) is 0 Å². The van der Waals surface area contributed by atoms with Crippen LogP contribution in [0.3, 0.4) is 0 Å². The molecule has 0 aliphatic rings. The first-order valence-electron chi connectivity index (χ1n) is 9.65. The predicted octanol–water partition coefficient (Wildman–Crippen LogP) is 5.05. The molecule has 31 heavy (non-hydrogen) atoms. The molecule has 7 heteroatoms. The van der Waals surface area contributed by atoms with E-state index in [0.29, 0.717) is 34.3 Å². The molecule has 0 aliphatic heterocycles. The molecular weight excluding hydrogens is 414 g/mol. The Morgan fingerprint density at radius 2 is 1.61 bits per heavy atom. The number of halogens is 1. The Balaban J connectivity index is 1.45. The summed E-state index contributed by atoms with van der Waals surface area (Å²) in [5.74, 6) is 0.104. The van der Waals surface area contributed by atoms with E-state index in [4.69, 9.17) is 16.3 Å². The van der Waals surface area contributed by atoms with Crippen molar-refractivity contribution in [3.63, 3.8) is 0 Å². The third-order valence-electron chi connectivity index (χ3n) is 4.26. The fourth-order valence-corrected chi connectivity index (χ4v) is 2.79. The number of nitrogens with zero attached hydrogens (tertiary/aromatic N) is 1. The summed E-state index contributed by atoms with van der Waals surface area (Å²) in [4.78, 5) is 24.3. The van der Waals surface area contributed by atoms with E-state index in [1.807, 2.05) is 30.3 Å². The molecule has 3 rings (SSSR count). The zero-order chi connectivity index (χ0) is 22.1. The lowest BCUT2D eigenvalue weighted by molar-refractivity contribution is -0.115. The Bertz CT molecular complexity index is 1050. The van der Waals surface area contributed by atoms with Crippen molar-refractivity contribution in [3.05, 3.63) is 95.0 Å². The molecule has 158 valence electrons. The summed E-state index contributed by atoms with van der Waals surface area (Å²) in [6.45, 7) is 2.15. The topological polar surface area (TPSA) is 79.8 Å². The van der Waals surface area contributed by atoms with Gasteiger partial charge in [-0.2, -0.15) is 5.10 Å². The predicted molar refractivity (Wildman–Crippen MR) is 122 cm³/mol. The molecule has 2 N–H and O–H groups in total. The summed E-state index contributed by atoms with van der Waals surface area (Å²) < 4.78 is 5.73. The molecule has 0 saturated carbocycles. The second kappa shape index (κ2) is 10.9. The Morgan fingerprint density at radius 3 is 2.29 bits per heavy atom. The Morgan fingerprint density at radius 1 is 0.935 bits per heavy atom. The summed E-state index contributed by atoms with van der Waals surface area (Å²) in [7, 11) is 0. The molecule has 0 aliphatic carbocycles. The normalized spacial score (nSPS) is 11.0. The van der Waals surface area contributed by atoms with Gasteiger partial charge < -0.3 is 10.1 Å². The second-order valence-electron chi connectivity index (χ2n) is 6.82. The highest BCUT2D eigenvalue weighted by Crippen LogP contribution is 2.17. The van der Waals surface area contributed by atoms with Gasteiger partial charge in [0.2, 0.25) is 5.91 Å². The maximum atomic E-state index is 12.2. The molecule has 0 spiro atoms. The zero-order valence-corrected chi connectivity index (χ0v) is 17.7. The van der Waals surface area contributed by atoms with Crippen molar-refractivity contribution in [2.45, 2.75) is 20.0 Å². The van der Waals surface area contributed by atoms with Crippen LogP contribution in [0.2, 0.25) is 5.02 Å². The van der Waals surface area contributed by atoms with E-state index < -0.39 is 0 Å². The maximum absolute atomic E-state index is 12.2. The number of carbonyl (C=O) groups is 2. The summed E-state index contributed by atoms with van der Waals surface area (Å²) in [6.07, 6.45) is 0.0488. The number of ether oxygens (including phenoxy) is 1. The monoisotopic (exact) mass is 435 g/mol. The van der Waals surface area contributed by atoms with Crippen molar-refractivity contribution in [1.82, 2.24) is 5.43 Å². The van der Waals surface area contributed by atoms with Gasteiger partial charge in [-0.15, -0.1) is 0 Å². The first-order chi connectivity index (χ1) is 15.0. The quantitative estimate of drug-likeness (QED) is 0.383. The summed E-state index contributed by atoms with van der Waals surface area (Å²) in [5, 5.41) is 7.32. The molecule has 3 aromatic carbocycles. The van der Waals surface area contributed by atoms with Gasteiger partial charge in [-0.1, -0.05) is 41.9 Å². The first-order valence-corrected chi connectivity index (χ1v) is 10.0. The van der Waals surface area contributed by atoms with Gasteiger partial charge in [0.05, 0.1) is 6.42 Å². The minimum absolute atomic E-state index is 0.0488. The molecule has 2 amide bonds. The highest BCUT2D eigenvalue weighted by atomic mass is 35.5. The van der Waals surface area contributed by atoms with Crippen molar-refractivity contribution in [3.8, 4) is 5.75 Å². The maximum Gasteiger partial charge on any atom is 0.271 e. The highest BCUT2D eigenvalue weighted by molar-refractivity contribution is 6.30. The van der Waals surface area contributed by atoms with Crippen LogP contribution >= 0.6 is 11.6 Å². The van der Waals surface area contributed by atoms with Crippen molar-refractivity contribution in [1.29, 1.82) is 0 Å². The van der Waals surface area contributed by atoms with E-state index in [1.54, 1.807) is 55.5 Å². The Hall–Kier alpha value is -3.64. The number of benzene rings is 3. The van der Waals surface area contributed by atoms with Crippen molar-refractivity contribution >= 4 is 34.8 Å². The van der Waals surface area contributed by atoms with Gasteiger partial charge in [-0.25, -0.2) is 5.43 Å². The van der Waals surface area contributed by atoms with E-state index >= 15 is 0 Å². The molecule has 0 saturated heterocycles. The number of hydrogen-bond donors (Lipinski definition) is 2. The molecular formula is C24H22ClN3O3. The number of amides is 2. The molecule has 0 fully saturated rings. The number of anilines is 1. The van der Waals surface area contributed by atoms with Gasteiger partial charge in [-0.3, -0.25) is 9.59 Å². The van der Waals surface area contributed by atoms with Crippen LogP contribution in [0.25, 0.3) is 0 Å². The van der Waals surface area contributed by atoms with Gasteiger partial charge in [0.1, 0.15) is 12.4 Å². The van der Waals surface area contributed by atoms with Gasteiger partial charge >= 0.3 is 0 Å². The van der Waals surface area contributed by atoms with Crippen LogP contribution in [0.4, 0.5) is 5.69 Å². The minimum atomic E-state index is -0.373. The third-order valence-corrected chi connectivity index (χ3v) is 4.51. The van der Waals surface area contributed by atoms with Crippen molar-refractivity contribution < 1.29 is 14.3 Å². The molecule has 0 unspecified atom stereocenters. The van der Waals surface area contributed by atoms with Crippen molar-refractivity contribution in [2.24, 2.45) is 5.10 Å². The molecule has 0 bridgehead atoms. The fourth-order valence-electron chi connectivity index (χ4n) is 2.66. The second-order valence-corrected chi connectivity index (χ2v) is 7.25. The van der Waals surface area contributed by atoms with Gasteiger partial charge in [-0.05, 0) is 61.0 Å². The summed E-state index contributed by atoms with van der Waals surface area (Å²) in [5.41, 5.74) is 5.07. The van der Waals surface area contributed by atoms with Crippen molar-refractivity contribution in [2.75, 3.05) is 5.32 Å². The van der Waals surface area contributed by atoms with Gasteiger partial charge in [0.15, 0.2) is 0 Å². The lowest BCUT2D eigenvalue weighted by atomic mass is 10.2. The molecule has 6 nitrogen and oxygen atoms in total. The van der Waals surface area contributed by atoms with Crippen LogP contribution < -0.4 is 15.5 Å². The minimum Gasteiger partial charge on any atom is -0.489 e. The number of nitrogens with one attached hydrogen (secondary N) is 2. The SMILES string of the molecule is C/C(CC(=O)Nc1ccc(OCc2ccccc2)cc1)=N\NC(=O)c1ccc(Cl)cc1. The molecule has 0 aromatic heterocycles. The average molecular weight is 436 g/mol. The van der Waals surface area contributed by atoms with Crippen LogP contribution in [-0.2, 0) is 11.4 Å². The lowest BCUT2D eigenvalue weighted by Gasteiger charge is -2.09. The fraction of sp³-hybridized carbons (Fsp3) is 0.125. The van der Waals surface area contributed by atoms with E-state index in [-0.39, 0.29) is 18.2 Å². The summed E-state index contributed by atoms with van der Waals surface area (Å²) >= 11 is 5.81. The number of hydrazone groups is 1. The van der Waals surface area contributed by atoms with Crippen LogP contribution in [0.15, 0.2) is 84.0 Å². The number of rotatable bonds is 8. The Kier molecular flexibility index (Phi) is 7.79. The average Bonchev–Trinajstić information content (AvgIpc) is 2.78. The van der Waals surface area contributed by atoms with E-state index in [2.05, 4.69) is 15.8 Å². The third kappa shape index (κ3) is 7.28. The number of hydrogen-bond acceptors (Lipinski definition) is 4. The molecule has 0 radical (unpaired) electrons. The number of carbonyl (C=O) groups excluding carboxylic acids is 2. The van der Waals surface area contributed by atoms with Gasteiger partial charge in [0, 0.05) is 22.0 Å². The molecule has 0 atom stereocenters. The van der Waals surface area contributed by atoms with Gasteiger partial charge in [0.25, 0.3) is 5.91 Å². The lowest BCUT2D eigenvalue weighted by Crippen LogP contribution is -2.21. The first kappa shape index (κ1) is 22.1. The van der Waals surface area contributed by atoms with E-state index in [9.17, 15) is 9.59 Å². The highest BCUT2D eigenvalue weighted by Gasteiger charge is 2.07. The van der Waals surface area contributed by atoms with E-state index in [1.165, 1.54) is 0 Å². The smallest absolute Gasteiger partial charge is 0.271 e. The molecule has 3 aromatic rings. The molecule has 0 heterocycles. The standard InChI is InChI=1S/C24H22ClN3O3/c1-17(27-28-24(30)19-7-9-20(25)10-8-19)15-23(29)26-21-11-13-22(14-12-21)31-16-18-5-3-2-4-6-18/h2-14H,15-16H2,1H3,(H,26,29)(H,28,30)/b27-17+. The Labute approximate surface area is 185 Å².